The van der Waals surface area contributed by atoms with Crippen molar-refractivity contribution in [1.82, 2.24) is 9.97 Å². The molecule has 3 N–H and O–H groups in total. The lowest BCUT2D eigenvalue weighted by molar-refractivity contribution is -0.0108. The third-order valence-corrected chi connectivity index (χ3v) is 12.3. The van der Waals surface area contributed by atoms with Gasteiger partial charge in [-0.05, 0) is 23.8 Å². The lowest BCUT2D eigenvalue weighted by Crippen LogP contribution is -2.30. The number of fused-ring (bicyclic) bond motifs is 4. The van der Waals surface area contributed by atoms with Crippen LogP contribution in [0, 0.1) is 0 Å². The van der Waals surface area contributed by atoms with E-state index in [-0.39, 0.29) is 86.6 Å². The van der Waals surface area contributed by atoms with Gasteiger partial charge in [0.2, 0.25) is 5.75 Å². The Balaban J connectivity index is 1.27. The molecule has 0 bridgehead atoms. The van der Waals surface area contributed by atoms with E-state index in [1.807, 2.05) is 0 Å². The molecule has 0 radical (unpaired) electrons. The van der Waals surface area contributed by atoms with E-state index in [2.05, 4.69) is 9.97 Å². The number of anilines is 1. The average molecular weight is 1170 g/mol. The highest BCUT2D eigenvalue weighted by Gasteiger charge is 2.37. The van der Waals surface area contributed by atoms with Gasteiger partial charge in [-0.2, -0.15) is 0 Å². The fourth-order valence-corrected chi connectivity index (χ4v) is 8.31. The van der Waals surface area contributed by atoms with E-state index in [0.29, 0.717) is 197 Å². The Morgan fingerprint density at radius 1 is 0.481 bits per heavy atom. The smallest absolute Gasteiger partial charge is 0.354 e. The minimum Gasteiger partial charge on any atom is -0.506 e. The molecule has 0 fully saturated rings. The van der Waals surface area contributed by atoms with Gasteiger partial charge in [-0.1, -0.05) is 0 Å². The van der Waals surface area contributed by atoms with Crippen LogP contribution in [0.25, 0.3) is 21.8 Å². The number of methoxy groups -OCH3 is 4. The Kier molecular flexibility index (Phi) is 34.3. The maximum absolute atomic E-state index is 14.7. The Bertz CT molecular complexity index is 2340. The Labute approximate surface area is 478 Å². The zero-order valence-electron chi connectivity index (χ0n) is 47.4. The van der Waals surface area contributed by atoms with Gasteiger partial charge in [-0.3, -0.25) is 4.79 Å². The number of phenolic OH excluding ortho intramolecular Hbond substituents is 1. The van der Waals surface area contributed by atoms with Gasteiger partial charge >= 0.3 is 5.97 Å². The molecule has 0 unspecified atom stereocenters. The number of carbonyl (C=O) groups excluding carboxylic acids is 2. The first kappa shape index (κ1) is 67.1. The summed E-state index contributed by atoms with van der Waals surface area (Å²) in [6.45, 7) is 11.3. The standard InChI is InChI=1S/C55H84ClN3O22/c1-63-5-8-67-11-14-70-17-20-73-23-26-76-29-32-79-48-36-41-35-44(54(61)59-40-42(39-56)49-43-37-45(55(62)66-4)58-51(43)47(60)38-46(49)59)57-50(41)53(81-34-31-78-28-25-75-22-19-72-16-13-69-10-7-65-3)52(48)80-33-30-77-27-24-74-21-18-71-15-12-68-9-6-64-2/h35-38,42,57-58,60H,5-34,39-40H2,1-4H3/t42-/m1/s1. The number of halogens is 1. The molecule has 0 saturated heterocycles. The summed E-state index contributed by atoms with van der Waals surface area (Å²) in [6.07, 6.45) is 0. The summed E-state index contributed by atoms with van der Waals surface area (Å²) < 4.78 is 107. The number of phenols is 1. The van der Waals surface area contributed by atoms with Crippen LogP contribution in [0.2, 0.25) is 0 Å². The normalized spacial score (nSPS) is 13.2. The minimum absolute atomic E-state index is 0.0779. The van der Waals surface area contributed by atoms with Gasteiger partial charge in [0.1, 0.15) is 37.0 Å². The van der Waals surface area contributed by atoms with Gasteiger partial charge in [0.25, 0.3) is 5.91 Å². The number of alkyl halides is 1. The predicted octanol–water partition coefficient (Wildman–Crippen LogP) is 4.40. The molecule has 1 amide bonds. The Morgan fingerprint density at radius 3 is 1.27 bits per heavy atom. The molecule has 458 valence electrons. The first-order chi connectivity index (χ1) is 39.9. The van der Waals surface area contributed by atoms with E-state index in [1.165, 1.54) is 13.2 Å². The van der Waals surface area contributed by atoms with Crippen molar-refractivity contribution in [3.63, 3.8) is 0 Å². The number of amides is 1. The van der Waals surface area contributed by atoms with E-state index >= 15 is 0 Å². The van der Waals surface area contributed by atoms with Crippen molar-refractivity contribution in [2.75, 3.05) is 244 Å². The topological polar surface area (TPSA) is 265 Å². The zero-order valence-corrected chi connectivity index (χ0v) is 48.1. The molecule has 0 aliphatic carbocycles. The number of benzene rings is 2. The van der Waals surface area contributed by atoms with Gasteiger partial charge < -0.3 is 110 Å². The zero-order chi connectivity index (χ0) is 57.5. The first-order valence-corrected chi connectivity index (χ1v) is 27.7. The number of hydrogen-bond donors (Lipinski definition) is 3. The fourth-order valence-electron chi connectivity index (χ4n) is 8.06. The summed E-state index contributed by atoms with van der Waals surface area (Å²) in [5.41, 5.74) is 2.28. The quantitative estimate of drug-likeness (QED) is 0.0314. The summed E-state index contributed by atoms with van der Waals surface area (Å²) in [4.78, 5) is 35.1. The molecule has 3 heterocycles. The largest absolute Gasteiger partial charge is 0.506 e. The summed E-state index contributed by atoms with van der Waals surface area (Å²) in [7, 11) is 6.14. The summed E-state index contributed by atoms with van der Waals surface area (Å²) >= 11 is 6.55. The van der Waals surface area contributed by atoms with Crippen molar-refractivity contribution < 1.29 is 105 Å². The Hall–Kier alpha value is -4.65. The van der Waals surface area contributed by atoms with E-state index in [0.717, 1.165) is 0 Å². The van der Waals surface area contributed by atoms with Gasteiger partial charge in [0, 0.05) is 56.5 Å². The van der Waals surface area contributed by atoms with Crippen molar-refractivity contribution in [1.29, 1.82) is 0 Å². The van der Waals surface area contributed by atoms with Crippen LogP contribution in [0.15, 0.2) is 24.3 Å². The molecule has 2 aromatic carbocycles. The van der Waals surface area contributed by atoms with E-state index in [9.17, 15) is 14.7 Å². The van der Waals surface area contributed by atoms with E-state index < -0.39 is 11.9 Å². The molecular weight excluding hydrogens is 1090 g/mol. The Morgan fingerprint density at radius 2 is 0.864 bits per heavy atom. The summed E-state index contributed by atoms with van der Waals surface area (Å²) in [6, 6.07) is 6.55. The van der Waals surface area contributed by atoms with Gasteiger partial charge in [-0.25, -0.2) is 4.79 Å². The average Bonchev–Trinajstić information content (AvgIpc) is 3.27. The van der Waals surface area contributed by atoms with Crippen molar-refractivity contribution >= 4 is 51.0 Å². The molecule has 0 spiro atoms. The summed E-state index contributed by atoms with van der Waals surface area (Å²) in [5, 5.41) is 12.3. The first-order valence-electron chi connectivity index (χ1n) is 27.2. The maximum Gasteiger partial charge on any atom is 0.354 e. The number of aromatic nitrogens is 2. The molecule has 2 aromatic heterocycles. The van der Waals surface area contributed by atoms with Gasteiger partial charge in [0.05, 0.1) is 202 Å². The number of aromatic hydroxyl groups is 1. The third-order valence-electron chi connectivity index (χ3n) is 12.0. The maximum atomic E-state index is 14.7. The van der Waals surface area contributed by atoms with Crippen LogP contribution < -0.4 is 19.1 Å². The molecule has 1 aliphatic heterocycles. The van der Waals surface area contributed by atoms with Crippen LogP contribution in [-0.2, 0) is 75.8 Å². The second-order valence-electron chi connectivity index (χ2n) is 17.6. The molecule has 26 heteroatoms. The second kappa shape index (κ2) is 41.4. The van der Waals surface area contributed by atoms with Crippen LogP contribution in [-0.4, -0.2) is 266 Å². The number of H-pyrrole nitrogens is 2. The van der Waals surface area contributed by atoms with Crippen molar-refractivity contribution in [3.8, 4) is 23.0 Å². The second-order valence-corrected chi connectivity index (χ2v) is 17.9. The number of aromatic amines is 2. The number of hydrogen-bond acceptors (Lipinski definition) is 22. The molecule has 4 aromatic rings. The van der Waals surface area contributed by atoms with Crippen molar-refractivity contribution in [2.45, 2.75) is 5.92 Å². The van der Waals surface area contributed by atoms with Crippen molar-refractivity contribution in [2.24, 2.45) is 0 Å². The molecule has 1 aliphatic rings. The van der Waals surface area contributed by atoms with Gasteiger partial charge in [0.15, 0.2) is 11.5 Å². The molecule has 1 atom stereocenters. The van der Waals surface area contributed by atoms with Crippen molar-refractivity contribution in [3.05, 3.63) is 41.2 Å². The van der Waals surface area contributed by atoms with Gasteiger partial charge in [-0.15, -0.1) is 11.6 Å². The fraction of sp³-hybridized carbons (Fsp3) is 0.673. The SMILES string of the molecule is COCCOCCOCCOCCOCCOc1cc2cc(C(=O)N3C[C@@H](CCl)c4c3cc(O)c3[nH]c(C(=O)OC)cc43)[nH]c2c(OCCOCCOCCOCCOCCOC)c1OCCOCCOCCOCCOCCOC. The van der Waals surface area contributed by atoms with Crippen LogP contribution in [0.1, 0.15) is 32.5 Å². The number of esters is 1. The number of carbonyl (C=O) groups is 2. The predicted molar refractivity (Wildman–Crippen MR) is 297 cm³/mol. The van der Waals surface area contributed by atoms with Crippen LogP contribution >= 0.6 is 11.6 Å². The highest BCUT2D eigenvalue weighted by Crippen LogP contribution is 2.47. The number of nitrogens with zero attached hydrogens (tertiary/aromatic N) is 1. The minimum atomic E-state index is -0.608. The van der Waals surface area contributed by atoms with Crippen LogP contribution in [0.3, 0.4) is 0 Å². The third kappa shape index (κ3) is 23.9. The monoisotopic (exact) mass is 1170 g/mol. The molecule has 25 nitrogen and oxygen atoms in total. The number of nitrogens with one attached hydrogen (secondary N) is 2. The van der Waals surface area contributed by atoms with Crippen LogP contribution in [0.5, 0.6) is 23.0 Å². The molecule has 0 saturated carbocycles. The molecule has 81 heavy (non-hydrogen) atoms. The van der Waals surface area contributed by atoms with E-state index in [4.69, 9.17) is 102 Å². The number of ether oxygens (including phenoxy) is 19. The van der Waals surface area contributed by atoms with Crippen LogP contribution in [0.4, 0.5) is 5.69 Å². The highest BCUT2D eigenvalue weighted by molar-refractivity contribution is 6.19. The lowest BCUT2D eigenvalue weighted by atomic mass is 9.98. The summed E-state index contributed by atoms with van der Waals surface area (Å²) in [5.74, 6) is -0.515. The molecular formula is C55H84ClN3O22. The highest BCUT2D eigenvalue weighted by atomic mass is 35.5. The molecule has 5 rings (SSSR count). The van der Waals surface area contributed by atoms with E-state index in [1.54, 1.807) is 44.4 Å². The number of rotatable bonds is 51. The lowest BCUT2D eigenvalue weighted by Gasteiger charge is -2.18.